The van der Waals surface area contributed by atoms with E-state index in [-0.39, 0.29) is 40.6 Å². The number of thioether (sulfide) groups is 1. The summed E-state index contributed by atoms with van der Waals surface area (Å²) < 4.78 is 38.5. The van der Waals surface area contributed by atoms with Crippen LogP contribution in [-0.2, 0) is 20.9 Å². The van der Waals surface area contributed by atoms with Crippen LogP contribution in [0.25, 0.3) is 11.1 Å². The summed E-state index contributed by atoms with van der Waals surface area (Å²) >= 11 is 0.634. The van der Waals surface area contributed by atoms with Crippen LogP contribution in [0, 0.1) is 11.6 Å². The van der Waals surface area contributed by atoms with E-state index in [0.717, 1.165) is 11.6 Å². The Morgan fingerprint density at radius 1 is 0.946 bits per heavy atom. The number of nitrogens with one attached hydrogen (secondary N) is 1. The number of ether oxygens (including phenoxy) is 2. The van der Waals surface area contributed by atoms with Gasteiger partial charge in [-0.1, -0.05) is 36.4 Å². The average molecular weight is 528 g/mol. The Labute approximate surface area is 216 Å². The van der Waals surface area contributed by atoms with Gasteiger partial charge in [0.25, 0.3) is 0 Å². The Morgan fingerprint density at radius 2 is 1.68 bits per heavy atom. The summed E-state index contributed by atoms with van der Waals surface area (Å²) in [5, 5.41) is 1.60. The molecule has 0 aliphatic heterocycles. The molecule has 3 aromatic carbocycles. The fourth-order valence-corrected chi connectivity index (χ4v) is 4.02. The van der Waals surface area contributed by atoms with Crippen LogP contribution < -0.4 is 10.1 Å². The number of esters is 1. The molecule has 0 saturated heterocycles. The molecule has 192 valence electrons. The van der Waals surface area contributed by atoms with Crippen molar-refractivity contribution < 1.29 is 37.4 Å². The van der Waals surface area contributed by atoms with Crippen molar-refractivity contribution >= 4 is 34.7 Å². The van der Waals surface area contributed by atoms with Gasteiger partial charge in [0.1, 0.15) is 29.6 Å². The lowest BCUT2D eigenvalue weighted by atomic mass is 10.0. The first-order chi connectivity index (χ1) is 17.6. The molecule has 0 aromatic heterocycles. The minimum Gasteiger partial charge on any atom is -0.457 e. The van der Waals surface area contributed by atoms with E-state index in [1.807, 2.05) is 6.07 Å². The van der Waals surface area contributed by atoms with Gasteiger partial charge in [-0.25, -0.2) is 18.4 Å². The smallest absolute Gasteiger partial charge is 0.372 e. The van der Waals surface area contributed by atoms with Crippen LogP contribution in [0.3, 0.4) is 0 Å². The van der Waals surface area contributed by atoms with E-state index in [9.17, 15) is 28.0 Å². The molecule has 3 rings (SSSR count). The van der Waals surface area contributed by atoms with Crippen molar-refractivity contribution in [2.24, 2.45) is 0 Å². The lowest BCUT2D eigenvalue weighted by molar-refractivity contribution is -0.125. The number of carbonyl (C=O) groups excluding carboxylic acids is 4. The highest BCUT2D eigenvalue weighted by Crippen LogP contribution is 2.30. The van der Waals surface area contributed by atoms with Gasteiger partial charge in [0, 0.05) is 24.3 Å². The van der Waals surface area contributed by atoms with Crippen LogP contribution in [0.4, 0.5) is 13.6 Å². The third-order valence-electron chi connectivity index (χ3n) is 5.08. The molecular weight excluding hydrogens is 504 g/mol. The van der Waals surface area contributed by atoms with Crippen LogP contribution >= 0.6 is 11.8 Å². The Balaban J connectivity index is 1.84. The summed E-state index contributed by atoms with van der Waals surface area (Å²) in [4.78, 5) is 48.4. The topological polar surface area (TPSA) is 98.8 Å². The van der Waals surface area contributed by atoms with E-state index in [4.69, 9.17) is 9.47 Å². The lowest BCUT2D eigenvalue weighted by Gasteiger charge is -2.15. The number of rotatable bonds is 9. The van der Waals surface area contributed by atoms with Gasteiger partial charge in [-0.05, 0) is 54.1 Å². The number of carbonyl (C=O) groups is 4. The number of hydrogen-bond donors (Lipinski definition) is 1. The number of ketones is 1. The molecule has 10 heteroatoms. The molecule has 0 heterocycles. The summed E-state index contributed by atoms with van der Waals surface area (Å²) in [6.45, 7) is 2.46. The third-order valence-corrected chi connectivity index (χ3v) is 5.90. The van der Waals surface area contributed by atoms with E-state index in [2.05, 4.69) is 5.32 Å². The standard InChI is InChI=1S/C27H23F2NO6S/c1-16(31)24(30-17(2)32)15-37-27(34)36-25-11-8-19(21-10-9-20(28)13-23(21)29)12-22(25)26(33)35-14-18-6-4-3-5-7-18/h3-13,24H,14-15H2,1-2H3,(H,30,32). The highest BCUT2D eigenvalue weighted by molar-refractivity contribution is 8.13. The molecule has 0 fully saturated rings. The first-order valence-electron chi connectivity index (χ1n) is 11.1. The van der Waals surface area contributed by atoms with Gasteiger partial charge in [0.05, 0.1) is 6.04 Å². The SMILES string of the molecule is CC(=O)NC(CSC(=O)Oc1ccc(-c2ccc(F)cc2F)cc1C(=O)OCc1ccccc1)C(C)=O. The Kier molecular flexibility index (Phi) is 9.51. The Bertz CT molecular complexity index is 1320. The third kappa shape index (κ3) is 7.97. The fraction of sp³-hybridized carbons (Fsp3) is 0.185. The number of hydrogen-bond acceptors (Lipinski definition) is 7. The molecule has 0 radical (unpaired) electrons. The number of Topliss-reactive ketones (excluding diaryl/α,β-unsaturated/α-hetero) is 1. The van der Waals surface area contributed by atoms with E-state index >= 15 is 0 Å². The summed E-state index contributed by atoms with van der Waals surface area (Å²) in [6.07, 6.45) is 0. The van der Waals surface area contributed by atoms with E-state index < -0.39 is 34.9 Å². The Hall–Kier alpha value is -4.05. The molecule has 1 N–H and O–H groups in total. The van der Waals surface area contributed by atoms with Gasteiger partial charge in [-0.2, -0.15) is 0 Å². The molecule has 1 amide bonds. The summed E-state index contributed by atoms with van der Waals surface area (Å²) in [6, 6.07) is 15.0. The van der Waals surface area contributed by atoms with Crippen molar-refractivity contribution in [2.75, 3.05) is 5.75 Å². The predicted octanol–water partition coefficient (Wildman–Crippen LogP) is 5.31. The second-order valence-corrected chi connectivity index (χ2v) is 8.88. The van der Waals surface area contributed by atoms with Crippen LogP contribution in [-0.4, -0.2) is 34.8 Å². The van der Waals surface area contributed by atoms with Gasteiger partial charge in [-0.3, -0.25) is 9.59 Å². The van der Waals surface area contributed by atoms with E-state index in [1.165, 1.54) is 38.1 Å². The highest BCUT2D eigenvalue weighted by Gasteiger charge is 2.22. The normalized spacial score (nSPS) is 11.4. The molecule has 0 aliphatic rings. The van der Waals surface area contributed by atoms with Gasteiger partial charge in [-0.15, -0.1) is 0 Å². The monoisotopic (exact) mass is 527 g/mol. The fourth-order valence-electron chi connectivity index (χ4n) is 3.25. The van der Waals surface area contributed by atoms with Gasteiger partial charge >= 0.3 is 11.3 Å². The second kappa shape index (κ2) is 12.8. The largest absolute Gasteiger partial charge is 0.457 e. The van der Waals surface area contributed by atoms with E-state index in [0.29, 0.717) is 17.8 Å². The molecule has 0 aliphatic carbocycles. The van der Waals surface area contributed by atoms with Crippen molar-refractivity contribution in [1.82, 2.24) is 5.32 Å². The molecule has 7 nitrogen and oxygen atoms in total. The van der Waals surface area contributed by atoms with Crippen molar-refractivity contribution in [3.8, 4) is 16.9 Å². The van der Waals surface area contributed by atoms with Crippen LogP contribution in [0.2, 0.25) is 0 Å². The quantitative estimate of drug-likeness (QED) is 0.376. The maximum Gasteiger partial charge on any atom is 0.372 e. The van der Waals surface area contributed by atoms with Crippen molar-refractivity contribution in [2.45, 2.75) is 26.5 Å². The first kappa shape index (κ1) is 27.5. The van der Waals surface area contributed by atoms with Crippen molar-refractivity contribution in [3.05, 3.63) is 89.5 Å². The molecule has 0 bridgehead atoms. The number of benzene rings is 3. The zero-order valence-corrected chi connectivity index (χ0v) is 20.8. The molecule has 1 unspecified atom stereocenters. The molecule has 0 saturated carbocycles. The van der Waals surface area contributed by atoms with E-state index in [1.54, 1.807) is 24.3 Å². The number of halogens is 2. The zero-order valence-electron chi connectivity index (χ0n) is 20.0. The van der Waals surface area contributed by atoms with Crippen molar-refractivity contribution in [1.29, 1.82) is 0 Å². The summed E-state index contributed by atoms with van der Waals surface area (Å²) in [5.41, 5.74) is 0.833. The molecule has 3 aromatic rings. The maximum absolute atomic E-state index is 14.4. The maximum atomic E-state index is 14.4. The van der Waals surface area contributed by atoms with Crippen LogP contribution in [0.1, 0.15) is 29.8 Å². The molecule has 0 spiro atoms. The second-order valence-electron chi connectivity index (χ2n) is 7.92. The summed E-state index contributed by atoms with van der Waals surface area (Å²) in [7, 11) is 0. The average Bonchev–Trinajstić information content (AvgIpc) is 2.85. The Morgan fingerprint density at radius 3 is 2.32 bits per heavy atom. The zero-order chi connectivity index (χ0) is 26.9. The molecule has 1 atom stereocenters. The van der Waals surface area contributed by atoms with Crippen LogP contribution in [0.15, 0.2) is 66.7 Å². The van der Waals surface area contributed by atoms with Gasteiger partial charge in [0.2, 0.25) is 5.91 Å². The van der Waals surface area contributed by atoms with Gasteiger partial charge < -0.3 is 14.8 Å². The number of amides is 1. The first-order valence-corrected chi connectivity index (χ1v) is 12.0. The predicted molar refractivity (Wildman–Crippen MR) is 134 cm³/mol. The minimum atomic E-state index is -0.894. The van der Waals surface area contributed by atoms with Crippen molar-refractivity contribution in [3.63, 3.8) is 0 Å². The van der Waals surface area contributed by atoms with Crippen LogP contribution in [0.5, 0.6) is 5.75 Å². The minimum absolute atomic E-state index is 0.0327. The van der Waals surface area contributed by atoms with Gasteiger partial charge in [0.15, 0.2) is 5.78 Å². The molecule has 37 heavy (non-hydrogen) atoms. The molecular formula is C27H23F2NO6S. The highest BCUT2D eigenvalue weighted by atomic mass is 32.2. The summed E-state index contributed by atoms with van der Waals surface area (Å²) in [5.74, 6) is -3.43. The lowest BCUT2D eigenvalue weighted by Crippen LogP contribution is -2.40.